The topological polar surface area (TPSA) is 69.6 Å². The number of aliphatic hydroxyl groups excluding tert-OH is 1. The third-order valence-corrected chi connectivity index (χ3v) is 6.75. The van der Waals surface area contributed by atoms with Crippen LogP contribution in [0.15, 0.2) is 0 Å². The van der Waals surface area contributed by atoms with Gasteiger partial charge in [0, 0.05) is 18.6 Å². The predicted octanol–water partition coefficient (Wildman–Crippen LogP) is 1.82. The van der Waals surface area contributed by atoms with Crippen LogP contribution < -0.4 is 5.32 Å². The van der Waals surface area contributed by atoms with Crippen LogP contribution in [-0.4, -0.2) is 55.9 Å². The Morgan fingerprint density at radius 3 is 2.57 bits per heavy atom. The van der Waals surface area contributed by atoms with Crippen molar-refractivity contribution in [1.82, 2.24) is 9.62 Å². The van der Waals surface area contributed by atoms with Gasteiger partial charge in [0.15, 0.2) is 0 Å². The molecule has 0 spiro atoms. The van der Waals surface area contributed by atoms with Crippen LogP contribution in [0.4, 0.5) is 0 Å². The summed E-state index contributed by atoms with van der Waals surface area (Å²) < 4.78 is 25.1. The van der Waals surface area contributed by atoms with Crippen molar-refractivity contribution < 1.29 is 13.5 Å². The molecule has 5 nitrogen and oxygen atoms in total. The first-order chi connectivity index (χ1) is 10.6. The van der Waals surface area contributed by atoms with Crippen LogP contribution in [0.3, 0.4) is 0 Å². The minimum atomic E-state index is -3.09. The van der Waals surface area contributed by atoms with Crippen molar-refractivity contribution in [2.45, 2.75) is 58.4 Å². The maximum absolute atomic E-state index is 11.8. The third-order valence-electron chi connectivity index (χ3n) is 5.48. The van der Waals surface area contributed by atoms with E-state index >= 15 is 0 Å². The normalized spacial score (nSPS) is 36.0. The number of nitrogens with zero attached hydrogens (tertiary/aromatic N) is 1. The molecule has 0 aromatic rings. The molecule has 2 aliphatic rings. The Balaban J connectivity index is 1.97. The molecule has 3 unspecified atom stereocenters. The Morgan fingerprint density at radius 2 is 2.00 bits per heavy atom. The van der Waals surface area contributed by atoms with E-state index in [1.54, 1.807) is 4.31 Å². The van der Waals surface area contributed by atoms with Crippen LogP contribution in [0.2, 0.25) is 0 Å². The Bertz CT molecular complexity index is 506. The zero-order valence-electron chi connectivity index (χ0n) is 15.1. The molecule has 136 valence electrons. The maximum Gasteiger partial charge on any atom is 0.211 e. The van der Waals surface area contributed by atoms with Crippen molar-refractivity contribution >= 4 is 10.0 Å². The van der Waals surface area contributed by atoms with Gasteiger partial charge in [-0.2, -0.15) is 0 Å². The number of hydrogen-bond donors (Lipinski definition) is 2. The lowest BCUT2D eigenvalue weighted by Crippen LogP contribution is -2.57. The van der Waals surface area contributed by atoms with Crippen molar-refractivity contribution in [1.29, 1.82) is 0 Å². The van der Waals surface area contributed by atoms with Gasteiger partial charge in [0.25, 0.3) is 0 Å². The molecule has 1 heterocycles. The number of rotatable bonds is 5. The van der Waals surface area contributed by atoms with Crippen LogP contribution in [0.5, 0.6) is 0 Å². The first kappa shape index (κ1) is 19.2. The molecule has 0 radical (unpaired) electrons. The summed E-state index contributed by atoms with van der Waals surface area (Å²) in [6.07, 6.45) is 6.44. The zero-order chi connectivity index (χ0) is 17.3. The summed E-state index contributed by atoms with van der Waals surface area (Å²) in [6.45, 7) is 9.01. The molecule has 6 heteroatoms. The number of nitrogens with one attached hydrogen (secondary N) is 1. The largest absolute Gasteiger partial charge is 0.394 e. The Labute approximate surface area is 141 Å². The van der Waals surface area contributed by atoms with E-state index in [0.717, 1.165) is 32.2 Å². The summed E-state index contributed by atoms with van der Waals surface area (Å²) in [7, 11) is -3.09. The molecule has 0 aromatic heterocycles. The summed E-state index contributed by atoms with van der Waals surface area (Å²) >= 11 is 0. The highest BCUT2D eigenvalue weighted by molar-refractivity contribution is 7.88. The van der Waals surface area contributed by atoms with E-state index in [1.807, 2.05) is 0 Å². The molecule has 1 saturated heterocycles. The first-order valence-corrected chi connectivity index (χ1v) is 10.7. The van der Waals surface area contributed by atoms with Crippen molar-refractivity contribution in [3.8, 4) is 0 Å². The molecule has 2 rings (SSSR count). The fourth-order valence-corrected chi connectivity index (χ4v) is 5.85. The molecule has 1 aliphatic heterocycles. The smallest absolute Gasteiger partial charge is 0.211 e. The number of hydrogen-bond acceptors (Lipinski definition) is 4. The van der Waals surface area contributed by atoms with Gasteiger partial charge in [-0.15, -0.1) is 0 Å². The van der Waals surface area contributed by atoms with Crippen LogP contribution in [0.25, 0.3) is 0 Å². The van der Waals surface area contributed by atoms with Crippen molar-refractivity contribution in [3.63, 3.8) is 0 Å². The quantitative estimate of drug-likeness (QED) is 0.797. The molecule has 2 N–H and O–H groups in total. The van der Waals surface area contributed by atoms with Crippen molar-refractivity contribution in [2.75, 3.05) is 32.5 Å². The second-order valence-corrected chi connectivity index (χ2v) is 10.8. The minimum absolute atomic E-state index is 0.156. The van der Waals surface area contributed by atoms with E-state index in [1.165, 1.54) is 12.7 Å². The van der Waals surface area contributed by atoms with Crippen LogP contribution in [0.1, 0.15) is 52.9 Å². The van der Waals surface area contributed by atoms with Gasteiger partial charge in [-0.3, -0.25) is 0 Å². The molecule has 0 aromatic carbocycles. The second kappa shape index (κ2) is 6.98. The Morgan fingerprint density at radius 1 is 1.30 bits per heavy atom. The van der Waals surface area contributed by atoms with E-state index in [2.05, 4.69) is 26.1 Å². The summed E-state index contributed by atoms with van der Waals surface area (Å²) in [4.78, 5) is 0. The standard InChI is InChI=1S/C17H34N2O3S/c1-14-8-16(2,3)12-17(9-14,13-20)18-10-15-6-5-7-19(11-15)23(4,21)22/h14-15,18,20H,5-13H2,1-4H3. The number of sulfonamides is 1. The minimum Gasteiger partial charge on any atom is -0.394 e. The lowest BCUT2D eigenvalue weighted by molar-refractivity contribution is 0.0322. The molecule has 23 heavy (non-hydrogen) atoms. The average Bonchev–Trinajstić information content (AvgIpc) is 2.42. The van der Waals surface area contributed by atoms with Gasteiger partial charge in [0.05, 0.1) is 12.9 Å². The molecular weight excluding hydrogens is 312 g/mol. The van der Waals surface area contributed by atoms with Gasteiger partial charge in [0.2, 0.25) is 10.0 Å². The Kier molecular flexibility index (Phi) is 5.82. The molecule has 3 atom stereocenters. The fraction of sp³-hybridized carbons (Fsp3) is 1.00. The van der Waals surface area contributed by atoms with Crippen molar-refractivity contribution in [3.05, 3.63) is 0 Å². The molecule has 0 amide bonds. The van der Waals surface area contributed by atoms with Crippen LogP contribution in [-0.2, 0) is 10.0 Å². The van der Waals surface area contributed by atoms with Gasteiger partial charge >= 0.3 is 0 Å². The predicted molar refractivity (Wildman–Crippen MR) is 93.8 cm³/mol. The van der Waals surface area contributed by atoms with E-state index in [4.69, 9.17) is 0 Å². The summed E-state index contributed by atoms with van der Waals surface area (Å²) in [5.74, 6) is 0.930. The van der Waals surface area contributed by atoms with Gasteiger partial charge in [-0.05, 0) is 55.9 Å². The van der Waals surface area contributed by atoms with Crippen molar-refractivity contribution in [2.24, 2.45) is 17.3 Å². The lowest BCUT2D eigenvalue weighted by Gasteiger charge is -2.48. The van der Waals surface area contributed by atoms with E-state index < -0.39 is 10.0 Å². The van der Waals surface area contributed by atoms with E-state index in [0.29, 0.717) is 24.9 Å². The third kappa shape index (κ3) is 5.15. The Hall–Kier alpha value is -0.170. The van der Waals surface area contributed by atoms with E-state index in [-0.39, 0.29) is 17.6 Å². The van der Waals surface area contributed by atoms with Gasteiger partial charge in [0.1, 0.15) is 0 Å². The highest BCUT2D eigenvalue weighted by atomic mass is 32.2. The highest BCUT2D eigenvalue weighted by Gasteiger charge is 2.42. The molecule has 1 aliphatic carbocycles. The summed E-state index contributed by atoms with van der Waals surface area (Å²) in [5.41, 5.74) is 0.0211. The second-order valence-electron chi connectivity index (χ2n) is 8.80. The van der Waals surface area contributed by atoms with E-state index in [9.17, 15) is 13.5 Å². The van der Waals surface area contributed by atoms with Gasteiger partial charge < -0.3 is 10.4 Å². The van der Waals surface area contributed by atoms with Gasteiger partial charge in [-0.25, -0.2) is 12.7 Å². The first-order valence-electron chi connectivity index (χ1n) is 8.86. The fourth-order valence-electron chi connectivity index (χ4n) is 4.91. The zero-order valence-corrected chi connectivity index (χ0v) is 16.0. The average molecular weight is 347 g/mol. The monoisotopic (exact) mass is 346 g/mol. The lowest BCUT2D eigenvalue weighted by atomic mass is 9.64. The van der Waals surface area contributed by atoms with Crippen LogP contribution >= 0.6 is 0 Å². The molecule has 2 fully saturated rings. The highest BCUT2D eigenvalue weighted by Crippen LogP contribution is 2.43. The summed E-state index contributed by atoms with van der Waals surface area (Å²) in [5, 5.41) is 13.7. The summed E-state index contributed by atoms with van der Waals surface area (Å²) in [6, 6.07) is 0. The number of aliphatic hydroxyl groups is 1. The molecule has 1 saturated carbocycles. The SMILES string of the molecule is CC1CC(C)(C)CC(CO)(NCC2CCCN(S(C)(=O)=O)C2)C1. The van der Waals surface area contributed by atoms with Crippen LogP contribution in [0, 0.1) is 17.3 Å². The van der Waals surface area contributed by atoms with Gasteiger partial charge in [-0.1, -0.05) is 20.8 Å². The number of piperidine rings is 1. The maximum atomic E-state index is 11.8. The molecular formula is C17H34N2O3S. The molecule has 0 bridgehead atoms.